The molecule has 1 aromatic rings. The Balaban J connectivity index is 2.99. The van der Waals surface area contributed by atoms with Gasteiger partial charge in [-0.2, -0.15) is 5.26 Å². The first kappa shape index (κ1) is 18.3. The maximum Gasteiger partial charge on any atom is 0.326 e. The highest BCUT2D eigenvalue weighted by Crippen LogP contribution is 2.28. The predicted molar refractivity (Wildman–Crippen MR) is 82.2 cm³/mol. The summed E-state index contributed by atoms with van der Waals surface area (Å²) < 4.78 is 10.0. The van der Waals surface area contributed by atoms with Gasteiger partial charge < -0.3 is 9.47 Å². The molecule has 0 bridgehead atoms. The Morgan fingerprint density at radius 2 is 1.86 bits per heavy atom. The van der Waals surface area contributed by atoms with Crippen LogP contribution >= 0.6 is 23.2 Å². The minimum absolute atomic E-state index is 0.115. The zero-order valence-corrected chi connectivity index (χ0v) is 13.7. The van der Waals surface area contributed by atoms with Crippen molar-refractivity contribution in [3.8, 4) is 11.8 Å². The van der Waals surface area contributed by atoms with E-state index in [0.29, 0.717) is 0 Å². The van der Waals surface area contributed by atoms with Gasteiger partial charge in [-0.25, -0.2) is 0 Å². The van der Waals surface area contributed by atoms with Gasteiger partial charge in [-0.3, -0.25) is 9.59 Å². The number of nitriles is 1. The van der Waals surface area contributed by atoms with Gasteiger partial charge in [-0.1, -0.05) is 19.9 Å². The average Bonchev–Trinajstić information content (AvgIpc) is 2.52. The number of nitrogens with zero attached hydrogens (tertiary/aromatic N) is 1. The Morgan fingerprint density at radius 1 is 1.23 bits per heavy atom. The average molecular weight is 344 g/mol. The summed E-state index contributed by atoms with van der Waals surface area (Å²) in [5, 5.41) is 9.17. The lowest BCUT2D eigenvalue weighted by molar-refractivity contribution is -0.142. The second kappa shape index (κ2) is 8.02. The lowest BCUT2D eigenvalue weighted by Gasteiger charge is -2.25. The number of carbonyl (C=O) groups excluding carboxylic acids is 2. The van der Waals surface area contributed by atoms with Crippen LogP contribution in [0.4, 0.5) is 0 Å². The van der Waals surface area contributed by atoms with Crippen molar-refractivity contribution in [3.63, 3.8) is 0 Å². The zero-order chi connectivity index (χ0) is 16.8. The van der Waals surface area contributed by atoms with Crippen LogP contribution in [0.15, 0.2) is 18.2 Å². The summed E-state index contributed by atoms with van der Waals surface area (Å²) in [6.45, 7) is 3.83. The first-order valence-electron chi connectivity index (χ1n) is 6.37. The van der Waals surface area contributed by atoms with Crippen LogP contribution in [0.2, 0.25) is 0 Å². The van der Waals surface area contributed by atoms with E-state index >= 15 is 0 Å². The third-order valence-electron chi connectivity index (χ3n) is 2.92. The van der Waals surface area contributed by atoms with Crippen molar-refractivity contribution < 1.29 is 19.1 Å². The van der Waals surface area contributed by atoms with Crippen molar-refractivity contribution in [1.29, 1.82) is 5.26 Å². The van der Waals surface area contributed by atoms with Crippen LogP contribution in [0.3, 0.4) is 0 Å². The molecule has 0 saturated carbocycles. The van der Waals surface area contributed by atoms with E-state index < -0.39 is 17.4 Å². The number of hydrogen-bond acceptors (Lipinski definition) is 5. The zero-order valence-electron chi connectivity index (χ0n) is 12.2. The summed E-state index contributed by atoms with van der Waals surface area (Å²) in [6.07, 6.45) is 0. The van der Waals surface area contributed by atoms with Crippen molar-refractivity contribution >= 4 is 35.1 Å². The molecule has 0 heterocycles. The van der Waals surface area contributed by atoms with E-state index in [-0.39, 0.29) is 29.7 Å². The number of hydrogen-bond donors (Lipinski definition) is 0. The fourth-order valence-electron chi connectivity index (χ4n) is 1.66. The number of ether oxygens (including phenoxy) is 2. The molecule has 1 aromatic carbocycles. The second-order valence-electron chi connectivity index (χ2n) is 5.11. The van der Waals surface area contributed by atoms with Gasteiger partial charge in [0.25, 0.3) is 0 Å². The molecule has 22 heavy (non-hydrogen) atoms. The van der Waals surface area contributed by atoms with Gasteiger partial charge in [0.2, 0.25) is 0 Å². The van der Waals surface area contributed by atoms with Crippen LogP contribution in [0.25, 0.3) is 0 Å². The molecule has 7 heteroatoms. The number of esters is 2. The van der Waals surface area contributed by atoms with Crippen LogP contribution < -0.4 is 4.74 Å². The molecule has 1 rings (SSSR count). The van der Waals surface area contributed by atoms with E-state index in [0.717, 1.165) is 5.56 Å². The van der Waals surface area contributed by atoms with Crippen molar-refractivity contribution in [1.82, 2.24) is 0 Å². The third kappa shape index (κ3) is 4.90. The molecule has 0 aliphatic rings. The van der Waals surface area contributed by atoms with Gasteiger partial charge >= 0.3 is 11.9 Å². The summed E-state index contributed by atoms with van der Waals surface area (Å²) >= 11 is 10.7. The van der Waals surface area contributed by atoms with Crippen molar-refractivity contribution in [3.05, 3.63) is 29.3 Å². The molecule has 5 nitrogen and oxygen atoms in total. The molecule has 0 atom stereocenters. The number of halogens is 2. The van der Waals surface area contributed by atoms with Crippen molar-refractivity contribution in [2.24, 2.45) is 0 Å². The van der Waals surface area contributed by atoms with Crippen LogP contribution in [-0.4, -0.2) is 30.3 Å². The quantitative estimate of drug-likeness (QED) is 0.451. The lowest BCUT2D eigenvalue weighted by Crippen LogP contribution is -2.27. The molecule has 0 fully saturated rings. The van der Waals surface area contributed by atoms with E-state index in [1.807, 2.05) is 19.9 Å². The van der Waals surface area contributed by atoms with Gasteiger partial charge in [0, 0.05) is 5.41 Å². The maximum atomic E-state index is 11.2. The molecule has 0 unspecified atom stereocenters. The van der Waals surface area contributed by atoms with E-state index in [1.165, 1.54) is 6.07 Å². The summed E-state index contributed by atoms with van der Waals surface area (Å²) in [5.74, 6) is -1.52. The molecule has 0 N–H and O–H groups in total. The van der Waals surface area contributed by atoms with Gasteiger partial charge in [0.15, 0.2) is 0 Å². The van der Waals surface area contributed by atoms with E-state index in [1.54, 1.807) is 12.1 Å². The highest BCUT2D eigenvalue weighted by atomic mass is 35.5. The fourth-order valence-corrected chi connectivity index (χ4v) is 1.79. The largest absolute Gasteiger partial charge is 0.464 e. The monoisotopic (exact) mass is 343 g/mol. The molecule has 0 aromatic heterocycles. The fraction of sp³-hybridized carbons (Fsp3) is 0.400. The van der Waals surface area contributed by atoms with Crippen molar-refractivity contribution in [2.75, 3.05) is 18.4 Å². The molecule has 0 saturated heterocycles. The SMILES string of the molecule is CC(C)(COC(=O)CCl)c1ccc(OC(=O)CCl)c(C#N)c1. The topological polar surface area (TPSA) is 76.4 Å². The van der Waals surface area contributed by atoms with E-state index in [4.69, 9.17) is 32.7 Å². The van der Waals surface area contributed by atoms with Gasteiger partial charge in [0.05, 0.1) is 5.56 Å². The van der Waals surface area contributed by atoms with Gasteiger partial charge in [-0.15, -0.1) is 23.2 Å². The maximum absolute atomic E-state index is 11.2. The summed E-state index contributed by atoms with van der Waals surface area (Å²) in [5.41, 5.74) is 0.437. The second-order valence-corrected chi connectivity index (χ2v) is 5.64. The van der Waals surface area contributed by atoms with E-state index in [2.05, 4.69) is 0 Å². The Labute approximate surface area is 138 Å². The normalized spacial score (nSPS) is 10.7. The number of carbonyl (C=O) groups is 2. The van der Waals surface area contributed by atoms with Crippen molar-refractivity contribution in [2.45, 2.75) is 19.3 Å². The first-order valence-corrected chi connectivity index (χ1v) is 7.44. The Morgan fingerprint density at radius 3 is 2.41 bits per heavy atom. The van der Waals surface area contributed by atoms with Crippen LogP contribution in [0.5, 0.6) is 5.75 Å². The lowest BCUT2D eigenvalue weighted by atomic mass is 9.84. The number of rotatable bonds is 6. The van der Waals surface area contributed by atoms with Gasteiger partial charge in [0.1, 0.15) is 30.2 Å². The minimum Gasteiger partial charge on any atom is -0.464 e. The summed E-state index contributed by atoms with van der Waals surface area (Å²) in [6, 6.07) is 6.77. The molecule has 118 valence electrons. The number of alkyl halides is 2. The highest BCUT2D eigenvalue weighted by molar-refractivity contribution is 6.26. The molecular formula is C15H15Cl2NO4. The molecular weight excluding hydrogens is 329 g/mol. The Hall–Kier alpha value is -1.77. The molecule has 0 radical (unpaired) electrons. The van der Waals surface area contributed by atoms with Gasteiger partial charge in [-0.05, 0) is 17.7 Å². The van der Waals surface area contributed by atoms with Crippen LogP contribution in [0, 0.1) is 11.3 Å². The standard InChI is InChI=1S/C15H15Cl2NO4/c1-15(2,9-21-13(19)6-16)11-3-4-12(10(5-11)8-18)22-14(20)7-17/h3-5H,6-7,9H2,1-2H3. The third-order valence-corrected chi connectivity index (χ3v) is 3.35. The molecule has 0 aliphatic heterocycles. The number of benzene rings is 1. The molecule has 0 aliphatic carbocycles. The Bertz CT molecular complexity index is 608. The first-order chi connectivity index (χ1) is 10.3. The molecule has 0 spiro atoms. The van der Waals surface area contributed by atoms with Crippen LogP contribution in [-0.2, 0) is 19.7 Å². The Kier molecular flexibility index (Phi) is 6.66. The van der Waals surface area contributed by atoms with E-state index in [9.17, 15) is 14.9 Å². The smallest absolute Gasteiger partial charge is 0.326 e. The highest BCUT2D eigenvalue weighted by Gasteiger charge is 2.24. The summed E-state index contributed by atoms with van der Waals surface area (Å²) in [4.78, 5) is 22.4. The van der Waals surface area contributed by atoms with Crippen LogP contribution in [0.1, 0.15) is 25.0 Å². The minimum atomic E-state index is -0.638. The summed E-state index contributed by atoms with van der Waals surface area (Å²) in [7, 11) is 0. The molecule has 0 amide bonds. The predicted octanol–water partition coefficient (Wildman–Crippen LogP) is 2.76.